The lowest BCUT2D eigenvalue weighted by Crippen LogP contribution is -2.64. The second-order valence-electron chi connectivity index (χ2n) is 7.69. The zero-order valence-corrected chi connectivity index (χ0v) is 19.4. The molecule has 1 amide bonds. The van der Waals surface area contributed by atoms with Crippen molar-refractivity contribution in [1.82, 2.24) is 14.8 Å². The first-order chi connectivity index (χ1) is 14.2. The molecule has 3 rings (SSSR count). The number of nitro groups is 1. The van der Waals surface area contributed by atoms with Gasteiger partial charge in [-0.3, -0.25) is 4.90 Å². The summed E-state index contributed by atoms with van der Waals surface area (Å²) >= 11 is 0. The van der Waals surface area contributed by atoms with Crippen molar-refractivity contribution in [2.75, 3.05) is 44.2 Å². The average Bonchev–Trinajstić information content (AvgIpc) is 2.69. The Morgan fingerprint density at radius 1 is 1.10 bits per heavy atom. The zero-order chi connectivity index (χ0) is 22.9. The first-order valence-corrected chi connectivity index (χ1v) is 10.8. The number of piperazine rings is 1. The Bertz CT molecular complexity index is 661. The molecule has 2 aliphatic rings. The summed E-state index contributed by atoms with van der Waals surface area (Å²) in [7, 11) is 0. The minimum atomic E-state index is -0.491. The summed E-state index contributed by atoms with van der Waals surface area (Å²) in [5, 5.41) is 10.7. The number of pyridine rings is 1. The van der Waals surface area contributed by atoms with Gasteiger partial charge in [0.25, 0.3) is 0 Å². The fourth-order valence-corrected chi connectivity index (χ4v) is 3.18. The van der Waals surface area contributed by atoms with Crippen LogP contribution in [0.1, 0.15) is 48.5 Å². The van der Waals surface area contributed by atoms with E-state index in [2.05, 4.69) is 14.8 Å². The van der Waals surface area contributed by atoms with Crippen LogP contribution in [0, 0.1) is 10.1 Å². The second kappa shape index (κ2) is 11.7. The van der Waals surface area contributed by atoms with E-state index in [1.165, 1.54) is 6.07 Å². The zero-order valence-electron chi connectivity index (χ0n) is 19.4. The maximum atomic E-state index is 12.0. The standard InChI is InChI=1S/C17H25N5O4.2C2H6/c1-17(2,3)26-16(23)21-11-14(12-21)20-8-6-19(7-9-20)13-4-5-15(18-10-13)22(24)25;2*1-2/h4-5,10,14H,6-9,11-12H2,1-3H3;2*1-2H3. The van der Waals surface area contributed by atoms with Gasteiger partial charge in [-0.05, 0) is 36.7 Å². The number of rotatable bonds is 3. The molecule has 9 heteroatoms. The van der Waals surface area contributed by atoms with Gasteiger partial charge in [-0.2, -0.15) is 0 Å². The van der Waals surface area contributed by atoms with Crippen molar-refractivity contribution < 1.29 is 14.5 Å². The van der Waals surface area contributed by atoms with E-state index >= 15 is 0 Å². The molecular formula is C21H37N5O4. The molecule has 0 N–H and O–H groups in total. The maximum absolute atomic E-state index is 12.0. The van der Waals surface area contributed by atoms with Crippen LogP contribution in [-0.4, -0.2) is 76.7 Å². The van der Waals surface area contributed by atoms with E-state index in [1.54, 1.807) is 17.2 Å². The van der Waals surface area contributed by atoms with Crippen molar-refractivity contribution in [3.8, 4) is 0 Å². The van der Waals surface area contributed by atoms with Crippen LogP contribution in [0.15, 0.2) is 18.3 Å². The minimum absolute atomic E-state index is 0.135. The summed E-state index contributed by atoms with van der Waals surface area (Å²) in [6.07, 6.45) is 1.31. The molecule has 0 bridgehead atoms. The molecule has 30 heavy (non-hydrogen) atoms. The van der Waals surface area contributed by atoms with Crippen molar-refractivity contribution in [3.63, 3.8) is 0 Å². The molecule has 1 aromatic heterocycles. The van der Waals surface area contributed by atoms with Crippen molar-refractivity contribution in [2.45, 2.75) is 60.1 Å². The van der Waals surface area contributed by atoms with Gasteiger partial charge in [-0.1, -0.05) is 27.7 Å². The maximum Gasteiger partial charge on any atom is 0.410 e. The van der Waals surface area contributed by atoms with Gasteiger partial charge in [-0.25, -0.2) is 4.79 Å². The molecule has 9 nitrogen and oxygen atoms in total. The number of hydrogen-bond donors (Lipinski definition) is 0. The summed E-state index contributed by atoms with van der Waals surface area (Å²) in [6, 6.07) is 3.56. The van der Waals surface area contributed by atoms with Crippen LogP contribution >= 0.6 is 0 Å². The Labute approximate surface area is 180 Å². The molecule has 3 heterocycles. The number of aromatic nitrogens is 1. The number of carbonyl (C=O) groups is 1. The van der Waals surface area contributed by atoms with E-state index in [4.69, 9.17) is 4.74 Å². The Kier molecular flexibility index (Phi) is 9.98. The van der Waals surface area contributed by atoms with Gasteiger partial charge >= 0.3 is 11.9 Å². The number of ether oxygens (including phenoxy) is 1. The summed E-state index contributed by atoms with van der Waals surface area (Å²) in [5.74, 6) is -0.135. The molecule has 2 fully saturated rings. The number of hydrogen-bond acceptors (Lipinski definition) is 7. The van der Waals surface area contributed by atoms with Crippen molar-refractivity contribution in [3.05, 3.63) is 28.4 Å². The smallest absolute Gasteiger partial charge is 0.410 e. The van der Waals surface area contributed by atoms with Crippen LogP contribution in [0.2, 0.25) is 0 Å². The molecular weight excluding hydrogens is 386 g/mol. The topological polar surface area (TPSA) is 92.0 Å². The van der Waals surface area contributed by atoms with Crippen LogP contribution in [0.3, 0.4) is 0 Å². The van der Waals surface area contributed by atoms with Gasteiger partial charge in [0.1, 0.15) is 5.60 Å². The fourth-order valence-electron chi connectivity index (χ4n) is 3.18. The number of carbonyl (C=O) groups excluding carboxylic acids is 1. The molecule has 0 saturated carbocycles. The molecule has 0 radical (unpaired) electrons. The van der Waals surface area contributed by atoms with Gasteiger partial charge in [0, 0.05) is 51.4 Å². The highest BCUT2D eigenvalue weighted by atomic mass is 16.6. The quantitative estimate of drug-likeness (QED) is 0.539. The van der Waals surface area contributed by atoms with Gasteiger partial charge in [-0.15, -0.1) is 0 Å². The lowest BCUT2D eigenvalue weighted by Gasteiger charge is -2.48. The Morgan fingerprint density at radius 3 is 2.10 bits per heavy atom. The van der Waals surface area contributed by atoms with Crippen molar-refractivity contribution in [1.29, 1.82) is 0 Å². The molecule has 0 unspecified atom stereocenters. The summed E-state index contributed by atoms with van der Waals surface area (Å²) in [6.45, 7) is 18.5. The highest BCUT2D eigenvalue weighted by Crippen LogP contribution is 2.22. The Hall–Kier alpha value is -2.42. The molecule has 2 aliphatic heterocycles. The SMILES string of the molecule is CC.CC.CC(C)(C)OC(=O)N1CC(N2CCN(c3ccc([N+](=O)[O-])nc3)CC2)C1. The first kappa shape index (κ1) is 25.6. The molecule has 0 aliphatic carbocycles. The van der Waals surface area contributed by atoms with E-state index in [9.17, 15) is 14.9 Å². The van der Waals surface area contributed by atoms with Gasteiger partial charge in [0.2, 0.25) is 0 Å². The first-order valence-electron chi connectivity index (χ1n) is 10.8. The van der Waals surface area contributed by atoms with Crippen molar-refractivity contribution >= 4 is 17.6 Å². The summed E-state index contributed by atoms with van der Waals surface area (Å²) in [4.78, 5) is 32.4. The third-order valence-electron chi connectivity index (χ3n) is 4.63. The highest BCUT2D eigenvalue weighted by Gasteiger charge is 2.38. The summed E-state index contributed by atoms with van der Waals surface area (Å²) in [5.41, 5.74) is 0.436. The lowest BCUT2D eigenvalue weighted by molar-refractivity contribution is -0.389. The number of likely N-dealkylation sites (tertiary alicyclic amines) is 1. The van der Waals surface area contributed by atoms with Crippen LogP contribution in [0.4, 0.5) is 16.3 Å². The van der Waals surface area contributed by atoms with Crippen LogP contribution in [0.5, 0.6) is 0 Å². The predicted octanol–water partition coefficient (Wildman–Crippen LogP) is 3.78. The highest BCUT2D eigenvalue weighted by molar-refractivity contribution is 5.69. The lowest BCUT2D eigenvalue weighted by atomic mass is 10.1. The second-order valence-corrected chi connectivity index (χ2v) is 7.69. The monoisotopic (exact) mass is 423 g/mol. The van der Waals surface area contributed by atoms with E-state index in [-0.39, 0.29) is 11.9 Å². The molecule has 1 aromatic rings. The number of amides is 1. The van der Waals surface area contributed by atoms with Gasteiger partial charge in [0.05, 0.1) is 5.69 Å². The molecule has 0 spiro atoms. The Morgan fingerprint density at radius 2 is 1.67 bits per heavy atom. The van der Waals surface area contributed by atoms with Crippen LogP contribution in [-0.2, 0) is 4.74 Å². The fraction of sp³-hybridized carbons (Fsp3) is 0.714. The van der Waals surface area contributed by atoms with Gasteiger partial charge in [0.15, 0.2) is 6.20 Å². The largest absolute Gasteiger partial charge is 0.444 e. The number of anilines is 1. The minimum Gasteiger partial charge on any atom is -0.444 e. The predicted molar refractivity (Wildman–Crippen MR) is 119 cm³/mol. The molecule has 2 saturated heterocycles. The molecule has 170 valence electrons. The summed E-state index contributed by atoms with van der Waals surface area (Å²) < 4.78 is 5.38. The average molecular weight is 424 g/mol. The van der Waals surface area contributed by atoms with E-state index in [0.29, 0.717) is 19.1 Å². The van der Waals surface area contributed by atoms with E-state index in [0.717, 1.165) is 31.9 Å². The van der Waals surface area contributed by atoms with E-state index < -0.39 is 10.5 Å². The van der Waals surface area contributed by atoms with Crippen LogP contribution < -0.4 is 4.90 Å². The van der Waals surface area contributed by atoms with Crippen LogP contribution in [0.25, 0.3) is 0 Å². The Balaban J connectivity index is 0.00000106. The normalized spacial score (nSPS) is 17.0. The third-order valence-corrected chi connectivity index (χ3v) is 4.63. The van der Waals surface area contributed by atoms with E-state index in [1.807, 2.05) is 48.5 Å². The molecule has 0 atom stereocenters. The molecule has 0 aromatic carbocycles. The van der Waals surface area contributed by atoms with Gasteiger partial charge < -0.3 is 24.7 Å². The third kappa shape index (κ3) is 7.12. The number of nitrogens with zero attached hydrogens (tertiary/aromatic N) is 5. The van der Waals surface area contributed by atoms with Crippen molar-refractivity contribution in [2.24, 2.45) is 0 Å².